The van der Waals surface area contributed by atoms with Gasteiger partial charge in [-0.2, -0.15) is 0 Å². The Labute approximate surface area is 144 Å². The van der Waals surface area contributed by atoms with E-state index >= 15 is 0 Å². The molecular weight excluding hydrogens is 302 g/mol. The molecule has 1 aromatic heterocycles. The normalized spacial score (nSPS) is 22.3. The van der Waals surface area contributed by atoms with Gasteiger partial charge in [-0.05, 0) is 50.7 Å². The average molecular weight is 331 g/mol. The second-order valence-electron chi connectivity index (χ2n) is 6.96. The lowest BCUT2D eigenvalue weighted by Gasteiger charge is -2.35. The molecule has 1 unspecified atom stereocenters. The van der Waals surface area contributed by atoms with Crippen LogP contribution in [0.2, 0.25) is 0 Å². The minimum Gasteiger partial charge on any atom is -0.396 e. The molecule has 2 aliphatic heterocycles. The number of piperidine rings is 1. The van der Waals surface area contributed by atoms with Gasteiger partial charge in [-0.25, -0.2) is 4.98 Å². The number of carbonyl (C=O) groups is 1. The Kier molecular flexibility index (Phi) is 6.07. The molecule has 1 amide bonds. The standard InChI is InChI=1S/C19H29N3O2/c23-14-9-17-7-3-6-13-22(17)19(24)16-8-10-20-18(15-16)21-11-4-1-2-5-12-21/h8,10,15,17,23H,1-7,9,11-14H2. The van der Waals surface area contributed by atoms with Crippen molar-refractivity contribution in [1.82, 2.24) is 9.88 Å². The first-order valence-electron chi connectivity index (χ1n) is 9.42. The molecule has 5 nitrogen and oxygen atoms in total. The Hall–Kier alpha value is -1.62. The Balaban J connectivity index is 1.75. The van der Waals surface area contributed by atoms with Crippen LogP contribution in [-0.2, 0) is 0 Å². The summed E-state index contributed by atoms with van der Waals surface area (Å²) in [7, 11) is 0. The zero-order valence-corrected chi connectivity index (χ0v) is 14.5. The summed E-state index contributed by atoms with van der Waals surface area (Å²) in [5, 5.41) is 9.27. The van der Waals surface area contributed by atoms with Crippen molar-refractivity contribution in [3.63, 3.8) is 0 Å². The molecule has 5 heteroatoms. The maximum absolute atomic E-state index is 13.0. The molecule has 0 saturated carbocycles. The van der Waals surface area contributed by atoms with Crippen LogP contribution in [0.4, 0.5) is 5.82 Å². The molecule has 2 fully saturated rings. The summed E-state index contributed by atoms with van der Waals surface area (Å²) < 4.78 is 0. The number of aliphatic hydroxyl groups is 1. The maximum atomic E-state index is 13.0. The van der Waals surface area contributed by atoms with Crippen LogP contribution in [-0.4, -0.2) is 53.2 Å². The first-order chi connectivity index (χ1) is 11.8. The lowest BCUT2D eigenvalue weighted by atomic mass is 9.98. The molecular formula is C19H29N3O2. The number of carbonyl (C=O) groups excluding carboxylic acids is 1. The van der Waals surface area contributed by atoms with Crippen molar-refractivity contribution in [2.24, 2.45) is 0 Å². The van der Waals surface area contributed by atoms with Crippen molar-refractivity contribution in [1.29, 1.82) is 0 Å². The van der Waals surface area contributed by atoms with Crippen molar-refractivity contribution >= 4 is 11.7 Å². The van der Waals surface area contributed by atoms with E-state index in [0.717, 1.165) is 50.3 Å². The number of anilines is 1. The van der Waals surface area contributed by atoms with Gasteiger partial charge in [0.15, 0.2) is 0 Å². The van der Waals surface area contributed by atoms with Gasteiger partial charge in [-0.1, -0.05) is 12.8 Å². The predicted molar refractivity (Wildman–Crippen MR) is 95.3 cm³/mol. The Morgan fingerprint density at radius 1 is 1.12 bits per heavy atom. The number of hydrogen-bond donors (Lipinski definition) is 1. The average Bonchev–Trinajstić information content (AvgIpc) is 2.91. The molecule has 1 N–H and O–H groups in total. The van der Waals surface area contributed by atoms with Gasteiger partial charge in [-0.15, -0.1) is 0 Å². The number of pyridine rings is 1. The number of nitrogens with zero attached hydrogens (tertiary/aromatic N) is 3. The molecule has 132 valence electrons. The highest BCUT2D eigenvalue weighted by Crippen LogP contribution is 2.24. The third-order valence-electron chi connectivity index (χ3n) is 5.27. The largest absolute Gasteiger partial charge is 0.396 e. The minimum absolute atomic E-state index is 0.0895. The first-order valence-corrected chi connectivity index (χ1v) is 9.42. The molecule has 3 heterocycles. The van der Waals surface area contributed by atoms with Crippen LogP contribution in [0.5, 0.6) is 0 Å². The van der Waals surface area contributed by atoms with E-state index in [9.17, 15) is 9.90 Å². The molecule has 0 aromatic carbocycles. The first kappa shape index (κ1) is 17.2. The van der Waals surface area contributed by atoms with Crippen LogP contribution in [0.3, 0.4) is 0 Å². The highest BCUT2D eigenvalue weighted by Gasteiger charge is 2.27. The lowest BCUT2D eigenvalue weighted by Crippen LogP contribution is -2.44. The van der Waals surface area contributed by atoms with Crippen molar-refractivity contribution in [2.45, 2.75) is 57.4 Å². The van der Waals surface area contributed by atoms with E-state index in [-0.39, 0.29) is 18.6 Å². The molecule has 24 heavy (non-hydrogen) atoms. The zero-order chi connectivity index (χ0) is 16.8. The number of aromatic nitrogens is 1. The number of aliphatic hydroxyl groups excluding tert-OH is 1. The molecule has 2 saturated heterocycles. The van der Waals surface area contributed by atoms with Crippen LogP contribution < -0.4 is 4.90 Å². The van der Waals surface area contributed by atoms with Crippen LogP contribution in [0.1, 0.15) is 61.7 Å². The number of amides is 1. The summed E-state index contributed by atoms with van der Waals surface area (Å²) >= 11 is 0. The van der Waals surface area contributed by atoms with Gasteiger partial charge in [0.05, 0.1) is 0 Å². The van der Waals surface area contributed by atoms with Crippen LogP contribution in [0.25, 0.3) is 0 Å². The summed E-state index contributed by atoms with van der Waals surface area (Å²) in [6.07, 6.45) is 10.6. The quantitative estimate of drug-likeness (QED) is 0.922. The fraction of sp³-hybridized carbons (Fsp3) is 0.684. The maximum Gasteiger partial charge on any atom is 0.254 e. The van der Waals surface area contributed by atoms with Gasteiger partial charge in [0.2, 0.25) is 0 Å². The molecule has 0 radical (unpaired) electrons. The van der Waals surface area contributed by atoms with E-state index in [1.54, 1.807) is 6.20 Å². The van der Waals surface area contributed by atoms with Crippen LogP contribution in [0.15, 0.2) is 18.3 Å². The summed E-state index contributed by atoms with van der Waals surface area (Å²) in [5.74, 6) is 1.02. The van der Waals surface area contributed by atoms with Gasteiger partial charge in [0.25, 0.3) is 5.91 Å². The van der Waals surface area contributed by atoms with Gasteiger partial charge in [0, 0.05) is 44.0 Å². The van der Waals surface area contributed by atoms with E-state index in [0.29, 0.717) is 6.42 Å². The Morgan fingerprint density at radius 2 is 1.88 bits per heavy atom. The molecule has 3 rings (SSSR count). The molecule has 0 bridgehead atoms. The predicted octanol–water partition coefficient (Wildman–Crippen LogP) is 2.84. The van der Waals surface area contributed by atoms with Gasteiger partial charge < -0.3 is 14.9 Å². The van der Waals surface area contributed by atoms with E-state index in [4.69, 9.17) is 0 Å². The summed E-state index contributed by atoms with van der Waals surface area (Å²) in [5.41, 5.74) is 0.731. The second kappa shape index (κ2) is 8.47. The summed E-state index contributed by atoms with van der Waals surface area (Å²) in [4.78, 5) is 21.8. The molecule has 1 atom stereocenters. The third-order valence-corrected chi connectivity index (χ3v) is 5.27. The smallest absolute Gasteiger partial charge is 0.254 e. The fourth-order valence-electron chi connectivity index (χ4n) is 3.91. The van der Waals surface area contributed by atoms with E-state index in [1.165, 1.54) is 25.7 Å². The van der Waals surface area contributed by atoms with E-state index in [1.807, 2.05) is 17.0 Å². The van der Waals surface area contributed by atoms with Gasteiger partial charge in [-0.3, -0.25) is 4.79 Å². The second-order valence-corrected chi connectivity index (χ2v) is 6.96. The van der Waals surface area contributed by atoms with E-state index in [2.05, 4.69) is 9.88 Å². The molecule has 1 aromatic rings. The van der Waals surface area contributed by atoms with E-state index < -0.39 is 0 Å². The van der Waals surface area contributed by atoms with Crippen molar-refractivity contribution in [2.75, 3.05) is 31.1 Å². The molecule has 0 aliphatic carbocycles. The zero-order valence-electron chi connectivity index (χ0n) is 14.5. The number of hydrogen-bond acceptors (Lipinski definition) is 4. The lowest BCUT2D eigenvalue weighted by molar-refractivity contribution is 0.0574. The Bertz CT molecular complexity index is 539. The van der Waals surface area contributed by atoms with Crippen LogP contribution in [0, 0.1) is 0 Å². The topological polar surface area (TPSA) is 56.7 Å². The number of rotatable bonds is 4. The van der Waals surface area contributed by atoms with Crippen molar-refractivity contribution in [3.8, 4) is 0 Å². The summed E-state index contributed by atoms with van der Waals surface area (Å²) in [6.45, 7) is 3.00. The van der Waals surface area contributed by atoms with Crippen LogP contribution >= 0.6 is 0 Å². The fourth-order valence-corrected chi connectivity index (χ4v) is 3.91. The molecule has 2 aliphatic rings. The van der Waals surface area contributed by atoms with Crippen molar-refractivity contribution < 1.29 is 9.90 Å². The minimum atomic E-state index is 0.0895. The summed E-state index contributed by atoms with van der Waals surface area (Å²) in [6, 6.07) is 3.96. The SMILES string of the molecule is O=C(c1ccnc(N2CCCCCC2)c1)N1CCCCC1CCO. The molecule has 0 spiro atoms. The Morgan fingerprint density at radius 3 is 2.62 bits per heavy atom. The number of likely N-dealkylation sites (tertiary alicyclic amines) is 1. The van der Waals surface area contributed by atoms with Gasteiger partial charge >= 0.3 is 0 Å². The highest BCUT2D eigenvalue weighted by molar-refractivity contribution is 5.95. The van der Waals surface area contributed by atoms with Gasteiger partial charge in [0.1, 0.15) is 5.82 Å². The highest BCUT2D eigenvalue weighted by atomic mass is 16.3. The van der Waals surface area contributed by atoms with Crippen molar-refractivity contribution in [3.05, 3.63) is 23.9 Å². The third kappa shape index (κ3) is 4.07. The monoisotopic (exact) mass is 331 g/mol.